The van der Waals surface area contributed by atoms with Gasteiger partial charge in [0.1, 0.15) is 23.9 Å². The Morgan fingerprint density at radius 1 is 0.943 bits per heavy atom. The van der Waals surface area contributed by atoms with E-state index in [0.717, 1.165) is 5.56 Å². The zero-order valence-corrected chi connectivity index (χ0v) is 21.9. The summed E-state index contributed by atoms with van der Waals surface area (Å²) in [6.45, 7) is 13.8. The van der Waals surface area contributed by atoms with Crippen LogP contribution in [-0.4, -0.2) is 45.6 Å². The summed E-state index contributed by atoms with van der Waals surface area (Å²) in [7, 11) is 0. The van der Waals surface area contributed by atoms with E-state index in [1.807, 2.05) is 19.1 Å². The summed E-state index contributed by atoms with van der Waals surface area (Å²) in [5, 5.41) is 16.2. The van der Waals surface area contributed by atoms with E-state index in [1.165, 1.54) is 4.90 Å². The van der Waals surface area contributed by atoms with Crippen molar-refractivity contribution in [1.29, 1.82) is 0 Å². The van der Waals surface area contributed by atoms with Crippen molar-refractivity contribution in [2.24, 2.45) is 0 Å². The van der Waals surface area contributed by atoms with E-state index in [-0.39, 0.29) is 17.9 Å². The molecule has 190 valence electrons. The maximum atomic E-state index is 13.7. The van der Waals surface area contributed by atoms with Gasteiger partial charge in [0.25, 0.3) is 5.91 Å². The molecule has 2 aromatic carbocycles. The molecule has 0 saturated carbocycles. The zero-order chi connectivity index (χ0) is 26.6. The van der Waals surface area contributed by atoms with E-state index in [1.54, 1.807) is 78.8 Å². The Bertz CT molecular complexity index is 1080. The van der Waals surface area contributed by atoms with Crippen molar-refractivity contribution in [3.8, 4) is 5.75 Å². The van der Waals surface area contributed by atoms with Gasteiger partial charge in [-0.1, -0.05) is 36.4 Å². The number of rotatable bonds is 6. The van der Waals surface area contributed by atoms with Gasteiger partial charge in [0.05, 0.1) is 0 Å². The molecule has 2 aromatic rings. The smallest absolute Gasteiger partial charge is 0.408 e. The van der Waals surface area contributed by atoms with E-state index >= 15 is 0 Å². The van der Waals surface area contributed by atoms with Crippen LogP contribution in [0.2, 0.25) is 0 Å². The van der Waals surface area contributed by atoms with E-state index in [4.69, 9.17) is 4.74 Å². The topological polar surface area (TPSA) is 108 Å². The van der Waals surface area contributed by atoms with Crippen molar-refractivity contribution < 1.29 is 24.2 Å². The highest BCUT2D eigenvalue weighted by atomic mass is 16.6. The summed E-state index contributed by atoms with van der Waals surface area (Å²) in [5.74, 6) is -1.06. The minimum Gasteiger partial charge on any atom is -0.507 e. The Morgan fingerprint density at radius 2 is 1.54 bits per heavy atom. The molecule has 0 spiro atoms. The second-order valence-electron chi connectivity index (χ2n) is 10.5. The summed E-state index contributed by atoms with van der Waals surface area (Å²) in [6.07, 6.45) is -0.737. The first-order valence-corrected chi connectivity index (χ1v) is 11.6. The zero-order valence-electron chi connectivity index (χ0n) is 21.9. The fourth-order valence-electron chi connectivity index (χ4n) is 3.67. The van der Waals surface area contributed by atoms with Crippen molar-refractivity contribution in [2.75, 3.05) is 11.9 Å². The van der Waals surface area contributed by atoms with E-state index in [9.17, 15) is 19.5 Å². The van der Waals surface area contributed by atoms with Gasteiger partial charge in [-0.15, -0.1) is 0 Å². The number of aromatic hydroxyl groups is 1. The fraction of sp³-hybridized carbons (Fsp3) is 0.444. The predicted molar refractivity (Wildman–Crippen MR) is 136 cm³/mol. The number of benzene rings is 2. The molecule has 2 rings (SSSR count). The largest absolute Gasteiger partial charge is 0.507 e. The van der Waals surface area contributed by atoms with Crippen molar-refractivity contribution in [3.05, 3.63) is 59.2 Å². The molecule has 35 heavy (non-hydrogen) atoms. The van der Waals surface area contributed by atoms with Gasteiger partial charge >= 0.3 is 6.09 Å². The van der Waals surface area contributed by atoms with E-state index in [0.29, 0.717) is 11.3 Å². The molecule has 1 atom stereocenters. The third-order valence-electron chi connectivity index (χ3n) is 5.25. The number of carbonyl (C=O) groups is 3. The van der Waals surface area contributed by atoms with Crippen LogP contribution in [0, 0.1) is 13.8 Å². The van der Waals surface area contributed by atoms with Crippen LogP contribution in [0.25, 0.3) is 0 Å². The standard InChI is InChI=1S/C27H37N3O5/c1-17-12-9-10-15-20(17)29-24(33)22(19-14-11-13-18(2)23(19)32)30(26(3,4)5)21(31)16-28-25(34)35-27(6,7)8/h9-15,22,32H,16H2,1-8H3,(H,28,34)(H,29,33). The first-order chi connectivity index (χ1) is 16.1. The van der Waals surface area contributed by atoms with E-state index in [2.05, 4.69) is 10.6 Å². The van der Waals surface area contributed by atoms with Gasteiger partial charge in [-0.05, 0) is 72.6 Å². The van der Waals surface area contributed by atoms with Gasteiger partial charge < -0.3 is 25.4 Å². The number of nitrogens with one attached hydrogen (secondary N) is 2. The molecule has 0 bridgehead atoms. The number of nitrogens with zero attached hydrogens (tertiary/aromatic N) is 1. The number of phenolic OH excluding ortho intramolecular Hbond substituents is 1. The molecule has 0 fully saturated rings. The summed E-state index contributed by atoms with van der Waals surface area (Å²) in [5.41, 5.74) is 0.758. The number of aryl methyl sites for hydroxylation is 2. The number of anilines is 1. The second-order valence-corrected chi connectivity index (χ2v) is 10.5. The van der Waals surface area contributed by atoms with E-state index < -0.39 is 35.1 Å². The van der Waals surface area contributed by atoms with Gasteiger partial charge in [0, 0.05) is 16.8 Å². The molecule has 0 aromatic heterocycles. The fourth-order valence-corrected chi connectivity index (χ4v) is 3.67. The molecule has 8 heteroatoms. The minimum atomic E-state index is -1.16. The summed E-state index contributed by atoms with van der Waals surface area (Å²) < 4.78 is 5.23. The predicted octanol–water partition coefficient (Wildman–Crippen LogP) is 4.84. The molecule has 0 radical (unpaired) electrons. The average molecular weight is 484 g/mol. The summed E-state index contributed by atoms with van der Waals surface area (Å²) >= 11 is 0. The quantitative estimate of drug-likeness (QED) is 0.545. The second kappa shape index (κ2) is 10.8. The molecule has 0 saturated heterocycles. The molecule has 0 aliphatic carbocycles. The lowest BCUT2D eigenvalue weighted by Crippen LogP contribution is -2.54. The molecule has 0 aliphatic rings. The number of ether oxygens (including phenoxy) is 1. The van der Waals surface area contributed by atoms with Crippen LogP contribution >= 0.6 is 0 Å². The SMILES string of the molecule is Cc1ccccc1NC(=O)C(c1cccc(C)c1O)N(C(=O)CNC(=O)OC(C)(C)C)C(C)(C)C. The number of amides is 3. The van der Waals surface area contributed by atoms with Gasteiger partial charge in [-0.3, -0.25) is 9.59 Å². The number of phenols is 1. The van der Waals surface area contributed by atoms with Crippen LogP contribution < -0.4 is 10.6 Å². The highest BCUT2D eigenvalue weighted by molar-refractivity contribution is 5.99. The van der Waals surface area contributed by atoms with Crippen LogP contribution in [0.5, 0.6) is 5.75 Å². The van der Waals surface area contributed by atoms with Gasteiger partial charge in [0.2, 0.25) is 5.91 Å². The Labute approximate surface area is 207 Å². The van der Waals surface area contributed by atoms with Crippen molar-refractivity contribution in [1.82, 2.24) is 10.2 Å². The monoisotopic (exact) mass is 483 g/mol. The average Bonchev–Trinajstić information content (AvgIpc) is 2.72. The third kappa shape index (κ3) is 7.47. The lowest BCUT2D eigenvalue weighted by molar-refractivity contribution is -0.144. The Balaban J connectivity index is 2.49. The highest BCUT2D eigenvalue weighted by Gasteiger charge is 2.40. The molecule has 8 nitrogen and oxygen atoms in total. The van der Waals surface area contributed by atoms with Crippen LogP contribution in [0.1, 0.15) is 64.3 Å². The van der Waals surface area contributed by atoms with Crippen LogP contribution in [0.4, 0.5) is 10.5 Å². The Hall–Kier alpha value is -3.55. The minimum absolute atomic E-state index is 0.0698. The van der Waals surface area contributed by atoms with Crippen molar-refractivity contribution in [3.63, 3.8) is 0 Å². The molecule has 3 amide bonds. The van der Waals surface area contributed by atoms with Gasteiger partial charge in [0.15, 0.2) is 0 Å². The number of para-hydroxylation sites is 2. The summed E-state index contributed by atoms with van der Waals surface area (Å²) in [6, 6.07) is 11.2. The highest BCUT2D eigenvalue weighted by Crippen LogP contribution is 2.36. The molecular weight excluding hydrogens is 446 g/mol. The molecule has 0 heterocycles. The van der Waals surface area contributed by atoms with Crippen LogP contribution in [0.3, 0.4) is 0 Å². The molecular formula is C27H37N3O5. The maximum absolute atomic E-state index is 13.7. The third-order valence-corrected chi connectivity index (χ3v) is 5.25. The first kappa shape index (κ1) is 27.7. The van der Waals surface area contributed by atoms with Crippen LogP contribution in [-0.2, 0) is 14.3 Å². The first-order valence-electron chi connectivity index (χ1n) is 11.6. The van der Waals surface area contributed by atoms with Crippen molar-refractivity contribution in [2.45, 2.75) is 72.6 Å². The number of hydrogen-bond donors (Lipinski definition) is 3. The van der Waals surface area contributed by atoms with Crippen molar-refractivity contribution >= 4 is 23.6 Å². The molecule has 1 unspecified atom stereocenters. The normalized spacial score (nSPS) is 12.5. The lowest BCUT2D eigenvalue weighted by Gasteiger charge is -2.41. The number of hydrogen-bond acceptors (Lipinski definition) is 5. The maximum Gasteiger partial charge on any atom is 0.408 e. The van der Waals surface area contributed by atoms with Crippen LogP contribution in [0.15, 0.2) is 42.5 Å². The summed E-state index contributed by atoms with van der Waals surface area (Å²) in [4.78, 5) is 40.8. The molecule has 3 N–H and O–H groups in total. The van der Waals surface area contributed by atoms with Gasteiger partial charge in [-0.25, -0.2) is 4.79 Å². The Morgan fingerprint density at radius 3 is 2.11 bits per heavy atom. The Kier molecular flexibility index (Phi) is 8.55. The molecule has 0 aliphatic heterocycles. The number of carbonyl (C=O) groups excluding carboxylic acids is 3. The number of alkyl carbamates (subject to hydrolysis) is 1. The lowest BCUT2D eigenvalue weighted by atomic mass is 9.94. The van der Waals surface area contributed by atoms with Gasteiger partial charge in [-0.2, -0.15) is 0 Å².